The quantitative estimate of drug-likeness (QED) is 0.775. The number of aliphatic hydroxyl groups is 1. The van der Waals surface area contributed by atoms with Gasteiger partial charge in [0.15, 0.2) is 0 Å². The number of ether oxygens (including phenoxy) is 1. The lowest BCUT2D eigenvalue weighted by molar-refractivity contribution is 0.0257. The van der Waals surface area contributed by atoms with Crippen LogP contribution < -0.4 is 10.5 Å². The maximum Gasteiger partial charge on any atom is 0.119 e. The second kappa shape index (κ2) is 5.14. The fourth-order valence-electron chi connectivity index (χ4n) is 1.68. The summed E-state index contributed by atoms with van der Waals surface area (Å²) in [5.74, 6) is 0.761. The van der Waals surface area contributed by atoms with Crippen LogP contribution in [-0.4, -0.2) is 18.8 Å². The maximum atomic E-state index is 10.4. The van der Waals surface area contributed by atoms with E-state index in [1.807, 2.05) is 31.2 Å². The number of hydrogen-bond donors (Lipinski definition) is 2. The van der Waals surface area contributed by atoms with Gasteiger partial charge in [-0.1, -0.05) is 19.1 Å². The zero-order valence-corrected chi connectivity index (χ0v) is 9.36. The summed E-state index contributed by atoms with van der Waals surface area (Å²) < 4.78 is 5.13. The summed E-state index contributed by atoms with van der Waals surface area (Å²) in [6.45, 7) is 2.43. The Bertz CT molecular complexity index is 314. The smallest absolute Gasteiger partial charge is 0.119 e. The highest BCUT2D eigenvalue weighted by atomic mass is 16.5. The van der Waals surface area contributed by atoms with Crippen molar-refractivity contribution in [1.29, 1.82) is 0 Å². The van der Waals surface area contributed by atoms with E-state index in [2.05, 4.69) is 0 Å². The Kier molecular flexibility index (Phi) is 4.12. The van der Waals surface area contributed by atoms with Gasteiger partial charge in [0, 0.05) is 0 Å². The molecule has 84 valence electrons. The number of methoxy groups -OCH3 is 1. The minimum atomic E-state index is -0.830. The topological polar surface area (TPSA) is 55.5 Å². The summed E-state index contributed by atoms with van der Waals surface area (Å²) in [7, 11) is 1.62. The van der Waals surface area contributed by atoms with Crippen LogP contribution in [0.5, 0.6) is 5.75 Å². The van der Waals surface area contributed by atoms with E-state index in [0.717, 1.165) is 11.3 Å². The van der Waals surface area contributed by atoms with Gasteiger partial charge in [-0.25, -0.2) is 0 Å². The van der Waals surface area contributed by atoms with E-state index in [4.69, 9.17) is 10.5 Å². The molecule has 3 N–H and O–H groups in total. The second-order valence-corrected chi connectivity index (χ2v) is 3.66. The third-order valence-electron chi connectivity index (χ3n) is 2.75. The van der Waals surface area contributed by atoms with Crippen molar-refractivity contribution in [3.8, 4) is 5.75 Å². The van der Waals surface area contributed by atoms with Gasteiger partial charge < -0.3 is 15.6 Å². The average Bonchev–Trinajstić information content (AvgIpc) is 2.29. The molecule has 0 radical (unpaired) electrons. The zero-order chi connectivity index (χ0) is 11.3. The van der Waals surface area contributed by atoms with Crippen LogP contribution in [0.2, 0.25) is 0 Å². The van der Waals surface area contributed by atoms with Crippen molar-refractivity contribution in [2.45, 2.75) is 25.4 Å². The van der Waals surface area contributed by atoms with Gasteiger partial charge in [0.05, 0.1) is 12.7 Å². The van der Waals surface area contributed by atoms with Crippen LogP contribution in [-0.2, 0) is 5.60 Å². The van der Waals surface area contributed by atoms with Gasteiger partial charge in [0.25, 0.3) is 0 Å². The molecule has 1 rings (SSSR count). The monoisotopic (exact) mass is 209 g/mol. The minimum absolute atomic E-state index is 0.474. The molecule has 15 heavy (non-hydrogen) atoms. The van der Waals surface area contributed by atoms with Crippen LogP contribution in [0, 0.1) is 0 Å². The fourth-order valence-corrected chi connectivity index (χ4v) is 1.68. The van der Waals surface area contributed by atoms with E-state index in [1.54, 1.807) is 7.11 Å². The maximum absolute atomic E-state index is 10.4. The molecular weight excluding hydrogens is 190 g/mol. The molecule has 0 aliphatic heterocycles. The molecule has 0 spiro atoms. The first-order valence-corrected chi connectivity index (χ1v) is 5.23. The van der Waals surface area contributed by atoms with E-state index in [1.165, 1.54) is 0 Å². The standard InChI is InChI=1S/C12H19NO2/c1-3-12(14,7-8-13)10-5-4-6-11(9-10)15-2/h4-6,9,14H,3,7-8,13H2,1-2H3. The number of nitrogens with two attached hydrogens (primary N) is 1. The van der Waals surface area contributed by atoms with E-state index in [9.17, 15) is 5.11 Å². The Hall–Kier alpha value is -1.06. The second-order valence-electron chi connectivity index (χ2n) is 3.66. The lowest BCUT2D eigenvalue weighted by Gasteiger charge is -2.27. The molecule has 1 atom stereocenters. The predicted molar refractivity (Wildman–Crippen MR) is 60.9 cm³/mol. The summed E-state index contributed by atoms with van der Waals surface area (Å²) in [6, 6.07) is 7.51. The van der Waals surface area contributed by atoms with Crippen LogP contribution in [0.4, 0.5) is 0 Å². The highest BCUT2D eigenvalue weighted by Gasteiger charge is 2.26. The molecule has 0 amide bonds. The summed E-state index contributed by atoms with van der Waals surface area (Å²) in [4.78, 5) is 0. The Morgan fingerprint density at radius 1 is 1.47 bits per heavy atom. The van der Waals surface area contributed by atoms with Gasteiger partial charge in [-0.05, 0) is 37.1 Å². The molecule has 3 heteroatoms. The van der Waals surface area contributed by atoms with Crippen molar-refractivity contribution in [2.75, 3.05) is 13.7 Å². The summed E-state index contributed by atoms with van der Waals surface area (Å²) in [5, 5.41) is 10.4. The summed E-state index contributed by atoms with van der Waals surface area (Å²) in [6.07, 6.45) is 1.22. The van der Waals surface area contributed by atoms with Gasteiger partial charge in [-0.15, -0.1) is 0 Å². The van der Waals surface area contributed by atoms with E-state index >= 15 is 0 Å². The van der Waals surface area contributed by atoms with E-state index in [0.29, 0.717) is 19.4 Å². The molecule has 1 aromatic carbocycles. The molecule has 0 bridgehead atoms. The molecular formula is C12H19NO2. The van der Waals surface area contributed by atoms with Crippen LogP contribution >= 0.6 is 0 Å². The highest BCUT2D eigenvalue weighted by Crippen LogP contribution is 2.30. The van der Waals surface area contributed by atoms with Crippen LogP contribution in [0.3, 0.4) is 0 Å². The van der Waals surface area contributed by atoms with Gasteiger partial charge in [0.2, 0.25) is 0 Å². The van der Waals surface area contributed by atoms with Gasteiger partial charge in [-0.3, -0.25) is 0 Å². The zero-order valence-electron chi connectivity index (χ0n) is 9.36. The van der Waals surface area contributed by atoms with Crippen molar-refractivity contribution in [3.05, 3.63) is 29.8 Å². The molecule has 0 heterocycles. The Morgan fingerprint density at radius 3 is 2.73 bits per heavy atom. The SMILES string of the molecule is CCC(O)(CCN)c1cccc(OC)c1. The van der Waals surface area contributed by atoms with Crippen molar-refractivity contribution in [2.24, 2.45) is 5.73 Å². The molecule has 1 unspecified atom stereocenters. The lowest BCUT2D eigenvalue weighted by Crippen LogP contribution is -2.28. The first kappa shape index (κ1) is 12.0. The van der Waals surface area contributed by atoms with Crippen LogP contribution in [0.15, 0.2) is 24.3 Å². The van der Waals surface area contributed by atoms with Crippen molar-refractivity contribution >= 4 is 0 Å². The first-order chi connectivity index (χ1) is 7.16. The number of hydrogen-bond acceptors (Lipinski definition) is 3. The van der Waals surface area contributed by atoms with Crippen molar-refractivity contribution in [1.82, 2.24) is 0 Å². The molecule has 0 fully saturated rings. The summed E-state index contributed by atoms with van der Waals surface area (Å²) in [5.41, 5.74) is 5.55. The van der Waals surface area contributed by atoms with Crippen LogP contribution in [0.25, 0.3) is 0 Å². The Balaban J connectivity index is 3.00. The minimum Gasteiger partial charge on any atom is -0.497 e. The lowest BCUT2D eigenvalue weighted by atomic mass is 9.88. The van der Waals surface area contributed by atoms with E-state index in [-0.39, 0.29) is 0 Å². The average molecular weight is 209 g/mol. The molecule has 0 aliphatic rings. The normalized spacial score (nSPS) is 14.7. The first-order valence-electron chi connectivity index (χ1n) is 5.23. The predicted octanol–water partition coefficient (Wildman–Crippen LogP) is 1.64. The van der Waals surface area contributed by atoms with Crippen molar-refractivity contribution < 1.29 is 9.84 Å². The molecule has 1 aromatic rings. The molecule has 3 nitrogen and oxygen atoms in total. The Morgan fingerprint density at radius 2 is 2.20 bits per heavy atom. The number of benzene rings is 1. The molecule has 0 aliphatic carbocycles. The summed E-state index contributed by atoms with van der Waals surface area (Å²) >= 11 is 0. The third-order valence-corrected chi connectivity index (χ3v) is 2.75. The van der Waals surface area contributed by atoms with E-state index < -0.39 is 5.60 Å². The third kappa shape index (κ3) is 2.70. The fraction of sp³-hybridized carbons (Fsp3) is 0.500. The van der Waals surface area contributed by atoms with Gasteiger partial charge >= 0.3 is 0 Å². The van der Waals surface area contributed by atoms with Crippen LogP contribution in [0.1, 0.15) is 25.3 Å². The highest BCUT2D eigenvalue weighted by molar-refractivity contribution is 5.32. The Labute approximate surface area is 90.9 Å². The van der Waals surface area contributed by atoms with Gasteiger partial charge in [-0.2, -0.15) is 0 Å². The molecule has 0 saturated carbocycles. The molecule has 0 aromatic heterocycles. The van der Waals surface area contributed by atoms with Gasteiger partial charge in [0.1, 0.15) is 5.75 Å². The largest absolute Gasteiger partial charge is 0.497 e. The number of rotatable bonds is 5. The molecule has 0 saturated heterocycles. The van der Waals surface area contributed by atoms with Crippen molar-refractivity contribution in [3.63, 3.8) is 0 Å².